The highest BCUT2D eigenvalue weighted by atomic mass is 16.3. The van der Waals surface area contributed by atoms with Crippen molar-refractivity contribution in [2.45, 2.75) is 0 Å². The molecule has 0 radical (unpaired) electrons. The van der Waals surface area contributed by atoms with Gasteiger partial charge in [-0.3, -0.25) is 0 Å². The number of benzene rings is 4. The summed E-state index contributed by atoms with van der Waals surface area (Å²) in [6, 6.07) is 30.9. The maximum absolute atomic E-state index is 6.36. The molecule has 0 aliphatic rings. The van der Waals surface area contributed by atoms with Crippen LogP contribution in [0.1, 0.15) is 0 Å². The monoisotopic (exact) mass is 335 g/mol. The predicted molar refractivity (Wildman–Crippen MR) is 109 cm³/mol. The van der Waals surface area contributed by atoms with Crippen molar-refractivity contribution in [1.29, 1.82) is 0 Å². The van der Waals surface area contributed by atoms with Gasteiger partial charge in [0.05, 0.1) is 0 Å². The molecule has 0 atom stereocenters. The lowest BCUT2D eigenvalue weighted by molar-refractivity contribution is 0.669. The molecule has 5 rings (SSSR count). The van der Waals surface area contributed by atoms with Crippen molar-refractivity contribution in [2.75, 3.05) is 5.73 Å². The summed E-state index contributed by atoms with van der Waals surface area (Å²) < 4.78 is 5.92. The van der Waals surface area contributed by atoms with E-state index in [2.05, 4.69) is 42.5 Å². The third kappa shape index (κ3) is 2.35. The van der Waals surface area contributed by atoms with Gasteiger partial charge in [-0.15, -0.1) is 0 Å². The fourth-order valence-corrected chi connectivity index (χ4v) is 3.53. The smallest absolute Gasteiger partial charge is 0.135 e. The van der Waals surface area contributed by atoms with E-state index in [4.69, 9.17) is 10.2 Å². The van der Waals surface area contributed by atoms with Crippen LogP contribution in [-0.4, -0.2) is 0 Å². The summed E-state index contributed by atoms with van der Waals surface area (Å²) in [4.78, 5) is 0. The maximum Gasteiger partial charge on any atom is 0.135 e. The first-order valence-corrected chi connectivity index (χ1v) is 8.66. The van der Waals surface area contributed by atoms with E-state index < -0.39 is 0 Å². The highest BCUT2D eigenvalue weighted by Crippen LogP contribution is 2.34. The lowest BCUT2D eigenvalue weighted by atomic mass is 9.97. The number of anilines is 1. The standard InChI is InChI=1S/C24H17NO/c25-22-15-18(10-12-19(22)16-6-2-1-3-7-16)17-11-13-24-21(14-17)20-8-4-5-9-23(20)26-24/h1-15H,25H2. The summed E-state index contributed by atoms with van der Waals surface area (Å²) in [5, 5.41) is 2.27. The first kappa shape index (κ1) is 14.8. The van der Waals surface area contributed by atoms with Crippen molar-refractivity contribution in [2.24, 2.45) is 0 Å². The Morgan fingerprint density at radius 1 is 0.538 bits per heavy atom. The van der Waals surface area contributed by atoms with Gasteiger partial charge in [0, 0.05) is 22.0 Å². The second-order valence-electron chi connectivity index (χ2n) is 6.48. The van der Waals surface area contributed by atoms with Gasteiger partial charge in [0.2, 0.25) is 0 Å². The molecule has 0 saturated carbocycles. The minimum absolute atomic E-state index is 0.783. The molecule has 2 heteroatoms. The van der Waals surface area contributed by atoms with Crippen LogP contribution in [0.25, 0.3) is 44.2 Å². The Balaban J connectivity index is 1.63. The minimum atomic E-state index is 0.783. The van der Waals surface area contributed by atoms with Crippen LogP contribution in [0.15, 0.2) is 95.4 Å². The minimum Gasteiger partial charge on any atom is -0.456 e. The van der Waals surface area contributed by atoms with Gasteiger partial charge >= 0.3 is 0 Å². The van der Waals surface area contributed by atoms with Crippen LogP contribution in [0.4, 0.5) is 5.69 Å². The first-order chi connectivity index (χ1) is 12.8. The molecule has 0 aliphatic carbocycles. The fourth-order valence-electron chi connectivity index (χ4n) is 3.53. The Morgan fingerprint density at radius 3 is 2.08 bits per heavy atom. The van der Waals surface area contributed by atoms with Crippen molar-refractivity contribution >= 4 is 27.6 Å². The SMILES string of the molecule is Nc1cc(-c2ccc3oc4ccccc4c3c2)ccc1-c1ccccc1. The Bertz CT molecular complexity index is 1240. The number of rotatable bonds is 2. The van der Waals surface area contributed by atoms with Crippen molar-refractivity contribution < 1.29 is 4.42 Å². The number of hydrogen-bond acceptors (Lipinski definition) is 2. The number of fused-ring (bicyclic) bond motifs is 3. The van der Waals surface area contributed by atoms with E-state index in [-0.39, 0.29) is 0 Å². The molecule has 0 aliphatic heterocycles. The Hall–Kier alpha value is -3.52. The second kappa shape index (κ2) is 5.78. The molecule has 4 aromatic carbocycles. The molecule has 0 spiro atoms. The van der Waals surface area contributed by atoms with Crippen LogP contribution in [-0.2, 0) is 0 Å². The largest absolute Gasteiger partial charge is 0.456 e. The van der Waals surface area contributed by atoms with Gasteiger partial charge in [0.15, 0.2) is 0 Å². The first-order valence-electron chi connectivity index (χ1n) is 8.66. The van der Waals surface area contributed by atoms with Crippen molar-refractivity contribution in [3.8, 4) is 22.3 Å². The summed E-state index contributed by atoms with van der Waals surface area (Å²) in [6.45, 7) is 0. The van der Waals surface area contributed by atoms with E-state index in [0.29, 0.717) is 0 Å². The van der Waals surface area contributed by atoms with Gasteiger partial charge in [-0.25, -0.2) is 0 Å². The zero-order valence-corrected chi connectivity index (χ0v) is 14.1. The van der Waals surface area contributed by atoms with Crippen molar-refractivity contribution in [3.05, 3.63) is 91.0 Å². The molecule has 26 heavy (non-hydrogen) atoms. The van der Waals surface area contributed by atoms with E-state index in [1.165, 1.54) is 0 Å². The average Bonchev–Trinajstić information content (AvgIpc) is 3.06. The van der Waals surface area contributed by atoms with E-state index in [0.717, 1.165) is 49.9 Å². The van der Waals surface area contributed by atoms with E-state index in [1.807, 2.05) is 48.5 Å². The van der Waals surface area contributed by atoms with Crippen molar-refractivity contribution in [1.82, 2.24) is 0 Å². The molecule has 2 nitrogen and oxygen atoms in total. The molecule has 1 aromatic heterocycles. The zero-order chi connectivity index (χ0) is 17.5. The van der Waals surface area contributed by atoms with Gasteiger partial charge in [0.1, 0.15) is 11.2 Å². The lowest BCUT2D eigenvalue weighted by Crippen LogP contribution is -1.91. The molecule has 2 N–H and O–H groups in total. The molecule has 0 fully saturated rings. The highest BCUT2D eigenvalue weighted by molar-refractivity contribution is 6.06. The Morgan fingerprint density at radius 2 is 1.23 bits per heavy atom. The summed E-state index contributed by atoms with van der Waals surface area (Å²) in [7, 11) is 0. The predicted octanol–water partition coefficient (Wildman–Crippen LogP) is 6.50. The van der Waals surface area contributed by atoms with Crippen LogP contribution in [0.2, 0.25) is 0 Å². The van der Waals surface area contributed by atoms with Gasteiger partial charge in [0.25, 0.3) is 0 Å². The number of para-hydroxylation sites is 1. The maximum atomic E-state index is 6.36. The topological polar surface area (TPSA) is 39.2 Å². The third-order valence-corrected chi connectivity index (χ3v) is 4.85. The van der Waals surface area contributed by atoms with Crippen molar-refractivity contribution in [3.63, 3.8) is 0 Å². The number of nitrogen functional groups attached to an aromatic ring is 1. The molecule has 124 valence electrons. The van der Waals surface area contributed by atoms with Crippen LogP contribution < -0.4 is 5.73 Å². The molecule has 5 aromatic rings. The van der Waals surface area contributed by atoms with E-state index in [1.54, 1.807) is 0 Å². The van der Waals surface area contributed by atoms with Gasteiger partial charge in [-0.2, -0.15) is 0 Å². The van der Waals surface area contributed by atoms with Crippen LogP contribution in [0.5, 0.6) is 0 Å². The summed E-state index contributed by atoms with van der Waals surface area (Å²) in [6.07, 6.45) is 0. The average molecular weight is 335 g/mol. The Labute approximate surface area is 151 Å². The Kier molecular flexibility index (Phi) is 3.29. The fraction of sp³-hybridized carbons (Fsp3) is 0. The van der Waals surface area contributed by atoms with Gasteiger partial charge in [-0.05, 0) is 41.0 Å². The molecular formula is C24H17NO. The van der Waals surface area contributed by atoms with Crippen LogP contribution in [0.3, 0.4) is 0 Å². The summed E-state index contributed by atoms with van der Waals surface area (Å²) >= 11 is 0. The molecular weight excluding hydrogens is 318 g/mol. The molecule has 1 heterocycles. The second-order valence-corrected chi connectivity index (χ2v) is 6.48. The molecule has 0 bridgehead atoms. The number of hydrogen-bond donors (Lipinski definition) is 1. The molecule has 0 unspecified atom stereocenters. The van der Waals surface area contributed by atoms with Gasteiger partial charge in [-0.1, -0.05) is 66.7 Å². The summed E-state index contributed by atoms with van der Waals surface area (Å²) in [5.74, 6) is 0. The normalized spacial score (nSPS) is 11.2. The number of furan rings is 1. The third-order valence-electron chi connectivity index (χ3n) is 4.85. The highest BCUT2D eigenvalue weighted by Gasteiger charge is 2.09. The molecule has 0 amide bonds. The van der Waals surface area contributed by atoms with Gasteiger partial charge < -0.3 is 10.2 Å². The lowest BCUT2D eigenvalue weighted by Gasteiger charge is -2.09. The number of nitrogens with two attached hydrogens (primary N) is 1. The molecule has 0 saturated heterocycles. The quantitative estimate of drug-likeness (QED) is 0.374. The van der Waals surface area contributed by atoms with E-state index >= 15 is 0 Å². The van der Waals surface area contributed by atoms with Crippen LogP contribution >= 0.6 is 0 Å². The van der Waals surface area contributed by atoms with Crippen LogP contribution in [0, 0.1) is 0 Å². The van der Waals surface area contributed by atoms with E-state index in [9.17, 15) is 0 Å². The zero-order valence-electron chi connectivity index (χ0n) is 14.1. The summed E-state index contributed by atoms with van der Waals surface area (Å²) in [5.41, 5.74) is 13.4.